The van der Waals surface area contributed by atoms with E-state index in [1.807, 2.05) is 0 Å². The maximum absolute atomic E-state index is 11.8. The minimum Gasteiger partial charge on any atom is -0.466 e. The van der Waals surface area contributed by atoms with E-state index in [1.165, 1.54) is 6.92 Å². The molecule has 0 unspecified atom stereocenters. The van der Waals surface area contributed by atoms with Crippen LogP contribution in [0.2, 0.25) is 0 Å². The van der Waals surface area contributed by atoms with E-state index < -0.39 is 29.7 Å². The second-order valence-corrected chi connectivity index (χ2v) is 3.75. The van der Waals surface area contributed by atoms with Gasteiger partial charge in [-0.1, -0.05) is 0 Å². The Labute approximate surface area is 107 Å². The highest BCUT2D eigenvalue weighted by Crippen LogP contribution is 2.26. The average molecular weight is 261 g/mol. The van der Waals surface area contributed by atoms with E-state index >= 15 is 0 Å². The van der Waals surface area contributed by atoms with Crippen molar-refractivity contribution in [1.82, 2.24) is 0 Å². The Morgan fingerprint density at radius 1 is 0.833 bits per heavy atom. The van der Waals surface area contributed by atoms with Crippen LogP contribution in [0, 0.1) is 5.41 Å². The molecular formula is C12H20O6. The van der Waals surface area contributed by atoms with Gasteiger partial charge in [0.15, 0.2) is 5.41 Å². The standard InChI is InChI=1S/C12H20O6/c1-5-16-9(13)8-12(4,10(14)17-6-2)11(15)18-7-3/h5-8H2,1-4H3/i9+1. The first kappa shape index (κ1) is 16.4. The predicted octanol–water partition coefficient (Wildman–Crippen LogP) is 1.07. The summed E-state index contributed by atoms with van der Waals surface area (Å²) in [4.78, 5) is 35.0. The Bertz CT molecular complexity index is 292. The molecule has 6 heteroatoms. The van der Waals surface area contributed by atoms with E-state index in [1.54, 1.807) is 20.8 Å². The molecule has 104 valence electrons. The molecule has 0 saturated carbocycles. The van der Waals surface area contributed by atoms with E-state index in [-0.39, 0.29) is 19.8 Å². The van der Waals surface area contributed by atoms with Gasteiger partial charge in [-0.05, 0) is 27.7 Å². The molecule has 0 amide bonds. The largest absolute Gasteiger partial charge is 0.466 e. The molecule has 0 spiro atoms. The second-order valence-electron chi connectivity index (χ2n) is 3.75. The smallest absolute Gasteiger partial charge is 0.323 e. The summed E-state index contributed by atoms with van der Waals surface area (Å²) in [6.45, 7) is 6.62. The summed E-state index contributed by atoms with van der Waals surface area (Å²) in [5.41, 5.74) is -1.65. The molecule has 0 aromatic carbocycles. The number of hydrogen-bond acceptors (Lipinski definition) is 6. The van der Waals surface area contributed by atoms with E-state index in [0.29, 0.717) is 0 Å². The maximum atomic E-state index is 11.8. The first-order chi connectivity index (χ1) is 8.42. The minimum absolute atomic E-state index is 0.122. The molecule has 0 rings (SSSR count). The van der Waals surface area contributed by atoms with Gasteiger partial charge in [0, 0.05) is 0 Å². The lowest BCUT2D eigenvalue weighted by Crippen LogP contribution is -2.41. The third-order valence-electron chi connectivity index (χ3n) is 2.26. The first-order valence-electron chi connectivity index (χ1n) is 5.92. The van der Waals surface area contributed by atoms with Crippen LogP contribution in [-0.4, -0.2) is 37.7 Å². The van der Waals surface area contributed by atoms with Crippen LogP contribution in [0.1, 0.15) is 34.1 Å². The Kier molecular flexibility index (Phi) is 7.00. The van der Waals surface area contributed by atoms with Crippen molar-refractivity contribution < 1.29 is 28.6 Å². The summed E-state index contributed by atoms with van der Waals surface area (Å²) in [6.07, 6.45) is -0.390. The van der Waals surface area contributed by atoms with Crippen molar-refractivity contribution in [3.05, 3.63) is 0 Å². The average Bonchev–Trinajstić information content (AvgIpc) is 2.29. The van der Waals surface area contributed by atoms with Crippen LogP contribution in [0.4, 0.5) is 0 Å². The molecule has 18 heavy (non-hydrogen) atoms. The number of hydrogen-bond donors (Lipinski definition) is 0. The van der Waals surface area contributed by atoms with Crippen LogP contribution >= 0.6 is 0 Å². The van der Waals surface area contributed by atoms with Gasteiger partial charge in [-0.2, -0.15) is 0 Å². The summed E-state index contributed by atoms with van der Waals surface area (Å²) in [7, 11) is 0. The molecule has 0 atom stereocenters. The van der Waals surface area contributed by atoms with Gasteiger partial charge < -0.3 is 14.2 Å². The number of carbonyl (C=O) groups excluding carboxylic acids is 3. The predicted molar refractivity (Wildman–Crippen MR) is 62.6 cm³/mol. The normalized spacial score (nSPS) is 10.7. The highest BCUT2D eigenvalue weighted by molar-refractivity contribution is 6.02. The summed E-state index contributed by atoms with van der Waals surface area (Å²) in [5.74, 6) is -2.20. The number of ether oxygens (including phenoxy) is 3. The Morgan fingerprint density at radius 3 is 1.56 bits per heavy atom. The summed E-state index contributed by atoms with van der Waals surface area (Å²) in [6, 6.07) is 0. The summed E-state index contributed by atoms with van der Waals surface area (Å²) >= 11 is 0. The number of carbonyl (C=O) groups is 3. The van der Waals surface area contributed by atoms with Crippen molar-refractivity contribution in [3.63, 3.8) is 0 Å². The Hall–Kier alpha value is -1.59. The summed E-state index contributed by atoms with van der Waals surface area (Å²) in [5, 5.41) is 0. The fourth-order valence-corrected chi connectivity index (χ4v) is 1.31. The van der Waals surface area contributed by atoms with Gasteiger partial charge in [0.2, 0.25) is 0 Å². The molecule has 0 fully saturated rings. The van der Waals surface area contributed by atoms with Gasteiger partial charge in [0.1, 0.15) is 0 Å². The zero-order valence-electron chi connectivity index (χ0n) is 11.3. The van der Waals surface area contributed by atoms with Crippen LogP contribution < -0.4 is 0 Å². The summed E-state index contributed by atoms with van der Waals surface area (Å²) < 4.78 is 14.4. The van der Waals surface area contributed by atoms with E-state index in [4.69, 9.17) is 14.2 Å². The lowest BCUT2D eigenvalue weighted by atomic mass is 9.89. The maximum Gasteiger partial charge on any atom is 0.323 e. The van der Waals surface area contributed by atoms with Crippen molar-refractivity contribution in [2.24, 2.45) is 5.41 Å². The highest BCUT2D eigenvalue weighted by Gasteiger charge is 2.46. The highest BCUT2D eigenvalue weighted by atomic mass is 16.6. The van der Waals surface area contributed by atoms with E-state index in [9.17, 15) is 14.4 Å². The molecule has 0 saturated heterocycles. The molecule has 6 nitrogen and oxygen atoms in total. The fourth-order valence-electron chi connectivity index (χ4n) is 1.31. The molecular weight excluding hydrogens is 241 g/mol. The first-order valence-corrected chi connectivity index (χ1v) is 5.92. The van der Waals surface area contributed by atoms with Crippen molar-refractivity contribution in [2.75, 3.05) is 19.8 Å². The Morgan fingerprint density at radius 2 is 1.22 bits per heavy atom. The van der Waals surface area contributed by atoms with Crippen LogP contribution in [0.25, 0.3) is 0 Å². The van der Waals surface area contributed by atoms with Crippen molar-refractivity contribution in [1.29, 1.82) is 0 Å². The SMILES string of the molecule is CCOC(=O)C(C)(C[13C](=O)OCC)C(=O)OCC. The Balaban J connectivity index is 4.96. The van der Waals surface area contributed by atoms with Crippen LogP contribution in [0.5, 0.6) is 0 Å². The lowest BCUT2D eigenvalue weighted by molar-refractivity contribution is -0.175. The zero-order chi connectivity index (χ0) is 14.2. The van der Waals surface area contributed by atoms with Gasteiger partial charge in [-0.3, -0.25) is 14.4 Å². The molecule has 0 bridgehead atoms. The lowest BCUT2D eigenvalue weighted by Gasteiger charge is -2.23. The number of rotatable bonds is 7. The van der Waals surface area contributed by atoms with Gasteiger partial charge in [0.25, 0.3) is 0 Å². The van der Waals surface area contributed by atoms with Crippen LogP contribution in [-0.2, 0) is 28.6 Å². The van der Waals surface area contributed by atoms with Crippen LogP contribution in [0.3, 0.4) is 0 Å². The van der Waals surface area contributed by atoms with Gasteiger partial charge >= 0.3 is 17.9 Å². The third-order valence-corrected chi connectivity index (χ3v) is 2.26. The van der Waals surface area contributed by atoms with Crippen molar-refractivity contribution in [2.45, 2.75) is 34.1 Å². The van der Waals surface area contributed by atoms with Crippen LogP contribution in [0.15, 0.2) is 0 Å². The zero-order valence-corrected chi connectivity index (χ0v) is 11.3. The quantitative estimate of drug-likeness (QED) is 0.295. The monoisotopic (exact) mass is 261 g/mol. The molecule has 0 heterocycles. The second kappa shape index (κ2) is 7.68. The van der Waals surface area contributed by atoms with Gasteiger partial charge in [-0.15, -0.1) is 0 Å². The third kappa shape index (κ3) is 4.35. The molecule has 0 aromatic heterocycles. The molecule has 0 aromatic rings. The molecule has 0 N–H and O–H groups in total. The number of esters is 3. The van der Waals surface area contributed by atoms with Crippen molar-refractivity contribution >= 4 is 17.9 Å². The topological polar surface area (TPSA) is 78.9 Å². The van der Waals surface area contributed by atoms with Crippen molar-refractivity contribution in [3.8, 4) is 0 Å². The van der Waals surface area contributed by atoms with Gasteiger partial charge in [0.05, 0.1) is 26.2 Å². The molecule has 0 aliphatic carbocycles. The van der Waals surface area contributed by atoms with E-state index in [0.717, 1.165) is 0 Å². The van der Waals surface area contributed by atoms with E-state index in [2.05, 4.69) is 0 Å². The fraction of sp³-hybridized carbons (Fsp3) is 0.750. The molecule has 0 radical (unpaired) electrons. The van der Waals surface area contributed by atoms with Gasteiger partial charge in [-0.25, -0.2) is 0 Å². The molecule has 0 aliphatic heterocycles. The minimum atomic E-state index is -1.65. The molecule has 0 aliphatic rings.